The van der Waals surface area contributed by atoms with Crippen LogP contribution in [0.4, 0.5) is 11.5 Å². The molecule has 5 heteroatoms. The number of pyridine rings is 1. The average Bonchev–Trinajstić information content (AvgIpc) is 2.97. The summed E-state index contributed by atoms with van der Waals surface area (Å²) in [7, 11) is 0. The molecule has 1 amide bonds. The number of fused-ring (bicyclic) bond motifs is 4. The molecule has 0 radical (unpaired) electrons. The maximum absolute atomic E-state index is 12.2. The summed E-state index contributed by atoms with van der Waals surface area (Å²) in [6.45, 7) is 4.55. The van der Waals surface area contributed by atoms with Gasteiger partial charge in [-0.3, -0.25) is 4.79 Å². The average molecular weight is 322 g/mol. The molecule has 0 saturated carbocycles. The number of nitrogens with zero attached hydrogens (tertiary/aromatic N) is 3. The molecule has 3 fully saturated rings. The van der Waals surface area contributed by atoms with Crippen LogP contribution in [0, 0.1) is 0 Å². The first kappa shape index (κ1) is 15.1. The first-order chi connectivity index (χ1) is 11.8. The van der Waals surface area contributed by atoms with E-state index in [-0.39, 0.29) is 5.91 Å². The molecule has 4 heterocycles. The van der Waals surface area contributed by atoms with Crippen LogP contribution in [0.5, 0.6) is 0 Å². The van der Waals surface area contributed by atoms with Crippen molar-refractivity contribution in [3.8, 4) is 0 Å². The van der Waals surface area contributed by atoms with Crippen LogP contribution >= 0.6 is 0 Å². The van der Waals surface area contributed by atoms with Crippen LogP contribution < -0.4 is 10.2 Å². The highest BCUT2D eigenvalue weighted by molar-refractivity contribution is 6.04. The fourth-order valence-electron chi connectivity index (χ4n) is 3.61. The van der Waals surface area contributed by atoms with Crippen LogP contribution in [0.15, 0.2) is 48.7 Å². The summed E-state index contributed by atoms with van der Waals surface area (Å²) >= 11 is 0. The van der Waals surface area contributed by atoms with Crippen molar-refractivity contribution in [1.82, 2.24) is 9.88 Å². The zero-order valence-corrected chi connectivity index (χ0v) is 13.7. The molecule has 5 rings (SSSR count). The molecule has 3 aliphatic rings. The predicted octanol–water partition coefficient (Wildman–Crippen LogP) is 2.62. The fraction of sp³-hybridized carbons (Fsp3) is 0.368. The van der Waals surface area contributed by atoms with Crippen molar-refractivity contribution < 1.29 is 4.79 Å². The lowest BCUT2D eigenvalue weighted by molar-refractivity contribution is 0.102. The van der Waals surface area contributed by atoms with E-state index < -0.39 is 0 Å². The van der Waals surface area contributed by atoms with Gasteiger partial charge in [0.25, 0.3) is 5.91 Å². The van der Waals surface area contributed by atoms with E-state index >= 15 is 0 Å². The molecule has 1 N–H and O–H groups in total. The van der Waals surface area contributed by atoms with E-state index in [4.69, 9.17) is 0 Å². The third kappa shape index (κ3) is 3.12. The first-order valence-electron chi connectivity index (χ1n) is 8.61. The Kier molecular flexibility index (Phi) is 4.17. The zero-order chi connectivity index (χ0) is 16.4. The number of carbonyl (C=O) groups is 1. The van der Waals surface area contributed by atoms with Gasteiger partial charge in [-0.1, -0.05) is 18.2 Å². The topological polar surface area (TPSA) is 48.5 Å². The molecule has 2 aromatic rings. The summed E-state index contributed by atoms with van der Waals surface area (Å²) in [5.41, 5.74) is 1.38. The highest BCUT2D eigenvalue weighted by Gasteiger charge is 2.29. The highest BCUT2D eigenvalue weighted by Crippen LogP contribution is 2.26. The summed E-state index contributed by atoms with van der Waals surface area (Å²) in [4.78, 5) is 21.8. The number of aromatic nitrogens is 1. The number of nitrogens with one attached hydrogen (secondary N) is 1. The standard InChI is InChI=1S/C19H22N4O/c24-19(15-4-2-1-3-5-15)21-16-6-7-18(20-14-16)23-13-12-22-10-8-17(23)9-11-22/h1-7,14,17H,8-13H2,(H,21,24). The van der Waals surface area contributed by atoms with Crippen molar-refractivity contribution in [1.29, 1.82) is 0 Å². The van der Waals surface area contributed by atoms with Crippen LogP contribution in [0.1, 0.15) is 23.2 Å². The van der Waals surface area contributed by atoms with Gasteiger partial charge in [-0.2, -0.15) is 0 Å². The van der Waals surface area contributed by atoms with E-state index in [1.807, 2.05) is 30.3 Å². The molecule has 0 aliphatic carbocycles. The Morgan fingerprint density at radius 3 is 2.50 bits per heavy atom. The smallest absolute Gasteiger partial charge is 0.255 e. The van der Waals surface area contributed by atoms with E-state index in [9.17, 15) is 4.79 Å². The molecule has 24 heavy (non-hydrogen) atoms. The molecule has 2 bridgehead atoms. The third-order valence-electron chi connectivity index (χ3n) is 4.99. The lowest BCUT2D eigenvalue weighted by Crippen LogP contribution is -2.38. The summed E-state index contributed by atoms with van der Waals surface area (Å²) in [6.07, 6.45) is 4.19. The minimum atomic E-state index is -0.105. The Bertz CT molecular complexity index is 693. The van der Waals surface area contributed by atoms with Crippen LogP contribution in [0.3, 0.4) is 0 Å². The third-order valence-corrected chi connectivity index (χ3v) is 4.99. The number of anilines is 2. The molecule has 5 nitrogen and oxygen atoms in total. The van der Waals surface area contributed by atoms with Gasteiger partial charge >= 0.3 is 0 Å². The number of rotatable bonds is 3. The molecule has 3 aliphatic heterocycles. The molecular formula is C19H22N4O. The maximum Gasteiger partial charge on any atom is 0.255 e. The predicted molar refractivity (Wildman–Crippen MR) is 95.4 cm³/mol. The summed E-state index contributed by atoms with van der Waals surface area (Å²) < 4.78 is 0. The first-order valence-corrected chi connectivity index (χ1v) is 8.61. The lowest BCUT2D eigenvalue weighted by atomic mass is 10.1. The zero-order valence-electron chi connectivity index (χ0n) is 13.7. The lowest BCUT2D eigenvalue weighted by Gasteiger charge is -2.32. The van der Waals surface area contributed by atoms with E-state index in [2.05, 4.69) is 20.1 Å². The molecular weight excluding hydrogens is 300 g/mol. The van der Waals surface area contributed by atoms with Crippen molar-refractivity contribution in [2.45, 2.75) is 18.9 Å². The SMILES string of the molecule is O=C(Nc1ccc(N2CCN3CCC2CC3)nc1)c1ccccc1. The number of carbonyl (C=O) groups excluding carboxylic acids is 1. The second kappa shape index (κ2) is 6.61. The Labute approximate surface area is 142 Å². The Balaban J connectivity index is 1.46. The van der Waals surface area contributed by atoms with E-state index in [0.29, 0.717) is 11.6 Å². The Morgan fingerprint density at radius 1 is 1.00 bits per heavy atom. The summed E-state index contributed by atoms with van der Waals surface area (Å²) in [5.74, 6) is 0.910. The van der Waals surface area contributed by atoms with Crippen LogP contribution in [-0.2, 0) is 0 Å². The fourth-order valence-corrected chi connectivity index (χ4v) is 3.61. The number of amides is 1. The Morgan fingerprint density at radius 2 is 1.79 bits per heavy atom. The number of hydrogen-bond acceptors (Lipinski definition) is 4. The molecule has 124 valence electrons. The van der Waals surface area contributed by atoms with Crippen molar-refractivity contribution in [2.75, 3.05) is 36.4 Å². The van der Waals surface area contributed by atoms with Gasteiger partial charge in [0, 0.05) is 37.8 Å². The minimum Gasteiger partial charge on any atom is -0.352 e. The number of piperidine rings is 1. The Hall–Kier alpha value is -2.40. The van der Waals surface area contributed by atoms with Crippen molar-refractivity contribution in [3.05, 3.63) is 54.2 Å². The second-order valence-electron chi connectivity index (χ2n) is 6.49. The van der Waals surface area contributed by atoms with Gasteiger partial charge in [0.1, 0.15) is 5.82 Å². The van der Waals surface area contributed by atoms with Gasteiger partial charge in [0.15, 0.2) is 0 Å². The second-order valence-corrected chi connectivity index (χ2v) is 6.49. The van der Waals surface area contributed by atoms with Gasteiger partial charge in [-0.15, -0.1) is 0 Å². The quantitative estimate of drug-likeness (QED) is 0.944. The molecule has 0 unspecified atom stereocenters. The van der Waals surface area contributed by atoms with Gasteiger partial charge in [0.2, 0.25) is 0 Å². The van der Waals surface area contributed by atoms with Crippen LogP contribution in [-0.4, -0.2) is 48.0 Å². The summed E-state index contributed by atoms with van der Waals surface area (Å²) in [5, 5.41) is 2.91. The van der Waals surface area contributed by atoms with Crippen LogP contribution in [0.25, 0.3) is 0 Å². The van der Waals surface area contributed by atoms with Gasteiger partial charge in [0.05, 0.1) is 11.9 Å². The van der Waals surface area contributed by atoms with Gasteiger partial charge in [-0.25, -0.2) is 4.98 Å². The largest absolute Gasteiger partial charge is 0.352 e. The monoisotopic (exact) mass is 322 g/mol. The van der Waals surface area contributed by atoms with Gasteiger partial charge in [-0.05, 0) is 37.1 Å². The van der Waals surface area contributed by atoms with Crippen molar-refractivity contribution >= 4 is 17.4 Å². The molecule has 0 atom stereocenters. The van der Waals surface area contributed by atoms with Crippen molar-refractivity contribution in [2.24, 2.45) is 0 Å². The van der Waals surface area contributed by atoms with Crippen molar-refractivity contribution in [3.63, 3.8) is 0 Å². The highest BCUT2D eigenvalue weighted by atomic mass is 16.1. The van der Waals surface area contributed by atoms with Crippen LogP contribution in [0.2, 0.25) is 0 Å². The number of benzene rings is 1. The maximum atomic E-state index is 12.2. The normalized spacial score (nSPS) is 22.9. The van der Waals surface area contributed by atoms with Gasteiger partial charge < -0.3 is 15.1 Å². The number of hydrogen-bond donors (Lipinski definition) is 1. The minimum absolute atomic E-state index is 0.105. The molecule has 3 saturated heterocycles. The summed E-state index contributed by atoms with van der Waals surface area (Å²) in [6, 6.07) is 13.8. The molecule has 1 aromatic heterocycles. The molecule has 0 spiro atoms. The van der Waals surface area contributed by atoms with E-state index in [1.165, 1.54) is 25.9 Å². The van der Waals surface area contributed by atoms with E-state index in [1.54, 1.807) is 18.3 Å². The van der Waals surface area contributed by atoms with E-state index in [0.717, 1.165) is 24.6 Å². The molecule has 1 aromatic carbocycles.